The molecule has 0 unspecified atom stereocenters. The Kier molecular flexibility index (Phi) is 5.16. The summed E-state index contributed by atoms with van der Waals surface area (Å²) in [6, 6.07) is 7.34. The Morgan fingerprint density at radius 1 is 1.17 bits per heavy atom. The van der Waals surface area contributed by atoms with Crippen LogP contribution in [0, 0.1) is 0 Å². The quantitative estimate of drug-likeness (QED) is 0.926. The van der Waals surface area contributed by atoms with Crippen LogP contribution in [0.4, 0.5) is 0 Å². The first-order valence-electron chi connectivity index (χ1n) is 7.81. The molecule has 1 aliphatic rings. The zero-order chi connectivity index (χ0) is 15.9. The number of rotatable bonds is 4. The van der Waals surface area contributed by atoms with Crippen molar-refractivity contribution in [3.8, 4) is 5.75 Å². The maximum absolute atomic E-state index is 12.7. The Morgan fingerprint density at radius 2 is 2.04 bits per heavy atom. The molecule has 1 aliphatic heterocycles. The fourth-order valence-electron chi connectivity index (χ4n) is 2.51. The van der Waals surface area contributed by atoms with Crippen molar-refractivity contribution in [1.29, 1.82) is 0 Å². The number of nitrogens with zero attached hydrogens (tertiary/aromatic N) is 3. The van der Waals surface area contributed by atoms with Gasteiger partial charge in [0.2, 0.25) is 0 Å². The van der Waals surface area contributed by atoms with Gasteiger partial charge in [0, 0.05) is 38.2 Å². The second-order valence-electron chi connectivity index (χ2n) is 5.39. The minimum Gasteiger partial charge on any atom is -0.486 e. The lowest BCUT2D eigenvalue weighted by Crippen LogP contribution is -2.34. The fraction of sp³-hybridized carbons (Fsp3) is 0.353. The summed E-state index contributed by atoms with van der Waals surface area (Å²) in [6.07, 6.45) is 6.02. The van der Waals surface area contributed by atoms with E-state index < -0.39 is 0 Å². The highest BCUT2D eigenvalue weighted by Crippen LogP contribution is 2.19. The van der Waals surface area contributed by atoms with Crippen molar-refractivity contribution in [2.24, 2.45) is 0 Å². The van der Waals surface area contributed by atoms with E-state index in [0.717, 1.165) is 31.6 Å². The summed E-state index contributed by atoms with van der Waals surface area (Å²) in [7, 11) is 0. The van der Waals surface area contributed by atoms with E-state index >= 15 is 0 Å². The molecule has 120 valence electrons. The molecule has 0 aliphatic carbocycles. The third kappa shape index (κ3) is 4.04. The molecular weight excluding hydrogens is 292 g/mol. The van der Waals surface area contributed by atoms with Crippen molar-refractivity contribution < 1.29 is 9.53 Å². The van der Waals surface area contributed by atoms with Crippen LogP contribution < -0.4 is 10.1 Å². The van der Waals surface area contributed by atoms with Gasteiger partial charge in [-0.2, -0.15) is 0 Å². The summed E-state index contributed by atoms with van der Waals surface area (Å²) in [5, 5.41) is 3.29. The average molecular weight is 312 g/mol. The molecule has 6 nitrogen and oxygen atoms in total. The molecule has 0 aromatic carbocycles. The minimum atomic E-state index is -0.0703. The zero-order valence-electron chi connectivity index (χ0n) is 12.9. The molecule has 0 spiro atoms. The van der Waals surface area contributed by atoms with Crippen molar-refractivity contribution in [3.63, 3.8) is 0 Å². The summed E-state index contributed by atoms with van der Waals surface area (Å²) < 4.78 is 5.81. The first-order chi connectivity index (χ1) is 11.3. The lowest BCUT2D eigenvalue weighted by atomic mass is 10.2. The summed E-state index contributed by atoms with van der Waals surface area (Å²) >= 11 is 0. The minimum absolute atomic E-state index is 0.0703. The van der Waals surface area contributed by atoms with Crippen LogP contribution in [0.3, 0.4) is 0 Å². The van der Waals surface area contributed by atoms with Gasteiger partial charge < -0.3 is 15.0 Å². The van der Waals surface area contributed by atoms with Crippen LogP contribution in [0.5, 0.6) is 5.75 Å². The van der Waals surface area contributed by atoms with E-state index in [0.29, 0.717) is 24.6 Å². The monoisotopic (exact) mass is 312 g/mol. The molecule has 1 saturated heterocycles. The van der Waals surface area contributed by atoms with Gasteiger partial charge in [-0.05, 0) is 42.8 Å². The third-order valence-electron chi connectivity index (χ3n) is 3.74. The highest BCUT2D eigenvalue weighted by Gasteiger charge is 2.21. The van der Waals surface area contributed by atoms with Gasteiger partial charge in [0.25, 0.3) is 5.91 Å². The number of nitrogens with one attached hydrogen (secondary N) is 1. The molecule has 1 N–H and O–H groups in total. The first-order valence-corrected chi connectivity index (χ1v) is 7.81. The SMILES string of the molecule is O=C(c1ncccc1OCc1ccncc1)N1CCCNCC1. The fourth-order valence-corrected chi connectivity index (χ4v) is 2.51. The van der Waals surface area contributed by atoms with Crippen molar-refractivity contribution >= 4 is 5.91 Å². The van der Waals surface area contributed by atoms with Crippen molar-refractivity contribution in [2.75, 3.05) is 26.2 Å². The number of hydrogen-bond donors (Lipinski definition) is 1. The van der Waals surface area contributed by atoms with Crippen LogP contribution in [0.15, 0.2) is 42.9 Å². The maximum Gasteiger partial charge on any atom is 0.276 e. The van der Waals surface area contributed by atoms with Crippen LogP contribution in [0.1, 0.15) is 22.5 Å². The lowest BCUT2D eigenvalue weighted by molar-refractivity contribution is 0.0755. The van der Waals surface area contributed by atoms with Crippen LogP contribution in [0.25, 0.3) is 0 Å². The van der Waals surface area contributed by atoms with E-state index in [4.69, 9.17) is 4.74 Å². The molecule has 3 rings (SSSR count). The number of ether oxygens (including phenoxy) is 1. The number of aromatic nitrogens is 2. The highest BCUT2D eigenvalue weighted by atomic mass is 16.5. The topological polar surface area (TPSA) is 67.3 Å². The lowest BCUT2D eigenvalue weighted by Gasteiger charge is -2.20. The Bertz CT molecular complexity index is 640. The van der Waals surface area contributed by atoms with Gasteiger partial charge in [-0.15, -0.1) is 0 Å². The number of amides is 1. The van der Waals surface area contributed by atoms with E-state index in [2.05, 4.69) is 15.3 Å². The van der Waals surface area contributed by atoms with Gasteiger partial charge in [0.15, 0.2) is 11.4 Å². The Morgan fingerprint density at radius 3 is 2.91 bits per heavy atom. The Balaban J connectivity index is 1.73. The molecule has 0 atom stereocenters. The summed E-state index contributed by atoms with van der Waals surface area (Å²) in [6.45, 7) is 3.57. The molecule has 0 saturated carbocycles. The second kappa shape index (κ2) is 7.69. The number of hydrogen-bond acceptors (Lipinski definition) is 5. The summed E-state index contributed by atoms with van der Waals surface area (Å²) in [4.78, 5) is 22.8. The molecule has 2 aromatic heterocycles. The molecule has 6 heteroatoms. The highest BCUT2D eigenvalue weighted by molar-refractivity contribution is 5.94. The van der Waals surface area contributed by atoms with Gasteiger partial charge >= 0.3 is 0 Å². The molecule has 1 fully saturated rings. The van der Waals surface area contributed by atoms with E-state index in [9.17, 15) is 4.79 Å². The second-order valence-corrected chi connectivity index (χ2v) is 5.39. The number of carbonyl (C=O) groups is 1. The Labute approximate surface area is 135 Å². The standard InChI is InChI=1S/C17H20N4O2/c22-17(21-11-2-6-18-10-12-21)16-15(3-1-7-20-16)23-13-14-4-8-19-9-5-14/h1,3-5,7-9,18H,2,6,10-13H2. The van der Waals surface area contributed by atoms with Crippen molar-refractivity contribution in [2.45, 2.75) is 13.0 Å². The molecular formula is C17H20N4O2. The van der Waals surface area contributed by atoms with E-state index in [-0.39, 0.29) is 5.91 Å². The van der Waals surface area contributed by atoms with E-state index in [1.54, 1.807) is 30.7 Å². The van der Waals surface area contributed by atoms with Crippen LogP contribution in [-0.4, -0.2) is 47.0 Å². The smallest absolute Gasteiger partial charge is 0.276 e. The average Bonchev–Trinajstić information content (AvgIpc) is 2.90. The van der Waals surface area contributed by atoms with Crippen molar-refractivity contribution in [1.82, 2.24) is 20.2 Å². The normalized spacial score (nSPS) is 15.0. The maximum atomic E-state index is 12.7. The molecule has 1 amide bonds. The number of carbonyl (C=O) groups excluding carboxylic acids is 1. The van der Waals surface area contributed by atoms with Crippen LogP contribution >= 0.6 is 0 Å². The van der Waals surface area contributed by atoms with Gasteiger partial charge in [-0.25, -0.2) is 4.98 Å². The Hall–Kier alpha value is -2.47. The van der Waals surface area contributed by atoms with Crippen molar-refractivity contribution in [3.05, 3.63) is 54.1 Å². The van der Waals surface area contributed by atoms with Gasteiger partial charge in [-0.3, -0.25) is 9.78 Å². The van der Waals surface area contributed by atoms with E-state index in [1.807, 2.05) is 17.0 Å². The molecule has 23 heavy (non-hydrogen) atoms. The first kappa shape index (κ1) is 15.4. The molecule has 0 bridgehead atoms. The zero-order valence-corrected chi connectivity index (χ0v) is 12.9. The van der Waals surface area contributed by atoms with Crippen LogP contribution in [0.2, 0.25) is 0 Å². The summed E-state index contributed by atoms with van der Waals surface area (Å²) in [5.41, 5.74) is 1.38. The molecule has 2 aromatic rings. The van der Waals surface area contributed by atoms with Gasteiger partial charge in [0.05, 0.1) is 0 Å². The largest absolute Gasteiger partial charge is 0.486 e. The van der Waals surface area contributed by atoms with E-state index in [1.165, 1.54) is 0 Å². The summed E-state index contributed by atoms with van der Waals surface area (Å²) in [5.74, 6) is 0.450. The number of pyridine rings is 2. The molecule has 3 heterocycles. The molecule has 0 radical (unpaired) electrons. The van der Waals surface area contributed by atoms with Gasteiger partial charge in [-0.1, -0.05) is 0 Å². The van der Waals surface area contributed by atoms with Crippen LogP contribution in [-0.2, 0) is 6.61 Å². The predicted octanol–water partition coefficient (Wildman–Crippen LogP) is 1.49. The third-order valence-corrected chi connectivity index (χ3v) is 3.74. The predicted molar refractivity (Wildman–Crippen MR) is 86.2 cm³/mol. The van der Waals surface area contributed by atoms with Gasteiger partial charge in [0.1, 0.15) is 6.61 Å².